The number of hydrogen-bond acceptors (Lipinski definition) is 2. The third-order valence-corrected chi connectivity index (χ3v) is 4.60. The van der Waals surface area contributed by atoms with Crippen molar-refractivity contribution in [3.05, 3.63) is 34.3 Å². The molecule has 3 nitrogen and oxygen atoms in total. The molecule has 0 N–H and O–H groups in total. The normalized spacial score (nSPS) is 17.9. The Kier molecular flexibility index (Phi) is 5.49. The minimum Gasteiger partial charge on any atom is -0.481 e. The van der Waals surface area contributed by atoms with Gasteiger partial charge in [-0.1, -0.05) is 27.9 Å². The summed E-state index contributed by atoms with van der Waals surface area (Å²) in [6.45, 7) is 2.15. The van der Waals surface area contributed by atoms with Crippen LogP contribution in [0.3, 0.4) is 0 Å². The minimum absolute atomic E-state index is 0.0675. The average molecular weight is 413 g/mol. The van der Waals surface area contributed by atoms with Gasteiger partial charge in [-0.15, -0.1) is 5.92 Å². The van der Waals surface area contributed by atoms with Crippen LogP contribution in [0.4, 0.5) is 0 Å². The summed E-state index contributed by atoms with van der Waals surface area (Å²) in [5.41, 5.74) is 1.88. The van der Waals surface area contributed by atoms with Crippen molar-refractivity contribution in [3.8, 4) is 17.6 Å². The van der Waals surface area contributed by atoms with E-state index in [0.717, 1.165) is 21.5 Å². The highest BCUT2D eigenvalue weighted by Gasteiger charge is 2.27. The first kappa shape index (κ1) is 16.1. The highest BCUT2D eigenvalue weighted by atomic mass is 79.9. The van der Waals surface area contributed by atoms with E-state index < -0.39 is 0 Å². The smallest absolute Gasteiger partial charge is 0.240 e. The molecule has 1 aromatic rings. The summed E-state index contributed by atoms with van der Waals surface area (Å²) in [5.74, 6) is 6.46. The molecule has 0 fully saturated rings. The molecular formula is C16H15Br2NO2. The maximum Gasteiger partial charge on any atom is 0.240 e. The van der Waals surface area contributed by atoms with E-state index in [0.29, 0.717) is 13.0 Å². The van der Waals surface area contributed by atoms with Gasteiger partial charge in [-0.3, -0.25) is 4.79 Å². The van der Waals surface area contributed by atoms with Gasteiger partial charge in [0.1, 0.15) is 12.4 Å². The summed E-state index contributed by atoms with van der Waals surface area (Å²) in [4.78, 5) is 13.6. The molecule has 1 aliphatic rings. The maximum atomic E-state index is 12.0. The molecule has 1 aliphatic heterocycles. The lowest BCUT2D eigenvalue weighted by molar-refractivity contribution is -0.126. The van der Waals surface area contributed by atoms with Gasteiger partial charge in [-0.2, -0.15) is 0 Å². The van der Waals surface area contributed by atoms with Gasteiger partial charge in [0.25, 0.3) is 0 Å². The molecule has 1 atom stereocenters. The lowest BCUT2D eigenvalue weighted by Crippen LogP contribution is -2.35. The Morgan fingerprint density at radius 2 is 2.24 bits per heavy atom. The summed E-state index contributed by atoms with van der Waals surface area (Å²) in [6.07, 6.45) is 2.75. The van der Waals surface area contributed by atoms with Crippen LogP contribution >= 0.6 is 31.9 Å². The second-order valence-corrected chi connectivity index (χ2v) is 6.51. The molecule has 0 bridgehead atoms. The van der Waals surface area contributed by atoms with Crippen LogP contribution in [0.2, 0.25) is 0 Å². The number of carbonyl (C=O) groups excluding carboxylic acids is 1. The lowest BCUT2D eigenvalue weighted by atomic mass is 10.0. The van der Waals surface area contributed by atoms with Crippen LogP contribution in [0.5, 0.6) is 5.75 Å². The predicted octanol–water partition coefficient (Wildman–Crippen LogP) is 3.82. The molecule has 0 radical (unpaired) electrons. The highest BCUT2D eigenvalue weighted by Crippen LogP contribution is 2.33. The molecule has 21 heavy (non-hydrogen) atoms. The highest BCUT2D eigenvalue weighted by molar-refractivity contribution is 9.10. The van der Waals surface area contributed by atoms with Gasteiger partial charge in [0, 0.05) is 22.8 Å². The summed E-state index contributed by atoms with van der Waals surface area (Å²) in [7, 11) is 1.79. The van der Waals surface area contributed by atoms with Crippen molar-refractivity contribution in [3.63, 3.8) is 0 Å². The Morgan fingerprint density at radius 3 is 2.90 bits per heavy atom. The number of amides is 1. The van der Waals surface area contributed by atoms with Crippen LogP contribution in [0, 0.1) is 11.8 Å². The molecule has 1 unspecified atom stereocenters. The molecule has 1 heterocycles. The number of carbonyl (C=O) groups is 1. The number of halogens is 2. The second kappa shape index (κ2) is 7.15. The maximum absolute atomic E-state index is 12.0. The van der Waals surface area contributed by atoms with Crippen molar-refractivity contribution in [2.45, 2.75) is 18.2 Å². The number of nitrogens with zero attached hydrogens (tertiary/aromatic N) is 1. The quantitative estimate of drug-likeness (QED) is 0.557. The third-order valence-electron chi connectivity index (χ3n) is 3.18. The topological polar surface area (TPSA) is 29.5 Å². The van der Waals surface area contributed by atoms with Gasteiger partial charge in [0.15, 0.2) is 0 Å². The zero-order chi connectivity index (χ0) is 15.4. The number of benzene rings is 1. The summed E-state index contributed by atoms with van der Waals surface area (Å²) < 4.78 is 6.42. The Morgan fingerprint density at radius 1 is 1.48 bits per heavy atom. The summed E-state index contributed by atoms with van der Waals surface area (Å²) in [6, 6.07) is 5.73. The van der Waals surface area contributed by atoms with Crippen LogP contribution in [0.15, 0.2) is 28.7 Å². The fraction of sp³-hybridized carbons (Fsp3) is 0.312. The Hall–Kier alpha value is -1.25. The molecule has 0 saturated carbocycles. The largest absolute Gasteiger partial charge is 0.481 e. The molecule has 1 amide bonds. The molecule has 0 aliphatic carbocycles. The molecular weight excluding hydrogens is 398 g/mol. The molecule has 1 aromatic carbocycles. The van der Waals surface area contributed by atoms with E-state index in [-0.39, 0.29) is 10.7 Å². The number of hydrogen-bond donors (Lipinski definition) is 0. The van der Waals surface area contributed by atoms with E-state index in [4.69, 9.17) is 4.74 Å². The average Bonchev–Trinajstić information content (AvgIpc) is 2.46. The fourth-order valence-corrected chi connectivity index (χ4v) is 3.11. The third kappa shape index (κ3) is 3.69. The van der Waals surface area contributed by atoms with Gasteiger partial charge in [-0.25, -0.2) is 0 Å². The van der Waals surface area contributed by atoms with Crippen molar-refractivity contribution in [2.75, 3.05) is 13.7 Å². The lowest BCUT2D eigenvalue weighted by Gasteiger charge is -2.28. The van der Waals surface area contributed by atoms with E-state index in [2.05, 4.69) is 49.8 Å². The van der Waals surface area contributed by atoms with Gasteiger partial charge in [-0.05, 0) is 47.5 Å². The predicted molar refractivity (Wildman–Crippen MR) is 91.2 cm³/mol. The Bertz CT molecular complexity index is 643. The van der Waals surface area contributed by atoms with E-state index >= 15 is 0 Å². The Balaban J connectivity index is 2.24. The first-order chi connectivity index (χ1) is 10.0. The van der Waals surface area contributed by atoms with Gasteiger partial charge in [0.05, 0.1) is 4.83 Å². The van der Waals surface area contributed by atoms with Gasteiger partial charge >= 0.3 is 0 Å². The van der Waals surface area contributed by atoms with Crippen molar-refractivity contribution < 1.29 is 9.53 Å². The first-order valence-electron chi connectivity index (χ1n) is 6.48. The number of alkyl halides is 1. The van der Waals surface area contributed by atoms with Crippen LogP contribution in [-0.4, -0.2) is 29.3 Å². The fourth-order valence-electron chi connectivity index (χ4n) is 2.06. The second-order valence-electron chi connectivity index (χ2n) is 4.55. The first-order valence-corrected chi connectivity index (χ1v) is 8.19. The monoisotopic (exact) mass is 411 g/mol. The van der Waals surface area contributed by atoms with Crippen LogP contribution in [0.25, 0.3) is 5.70 Å². The van der Waals surface area contributed by atoms with E-state index in [1.54, 1.807) is 18.9 Å². The number of rotatable bonds is 3. The number of ether oxygens (including phenoxy) is 1. The zero-order valence-corrected chi connectivity index (χ0v) is 15.0. The summed E-state index contributed by atoms with van der Waals surface area (Å²) in [5, 5.41) is 0. The molecule has 5 heteroatoms. The SMILES string of the molecule is CC#CCOc1ccc(C2=CCC(Br)C(=O)N2C)c(Br)c1. The van der Waals surface area contributed by atoms with Crippen molar-refractivity contribution in [1.82, 2.24) is 4.90 Å². The molecule has 0 saturated heterocycles. The Labute approximate surface area is 141 Å². The van der Waals surface area contributed by atoms with Crippen LogP contribution in [-0.2, 0) is 4.79 Å². The van der Waals surface area contributed by atoms with E-state index in [1.165, 1.54) is 0 Å². The standard InChI is InChI=1S/C16H15Br2NO2/c1-3-4-9-21-11-5-6-12(14(18)10-11)15-8-7-13(17)16(20)19(15)2/h5-6,8,10,13H,7,9H2,1-2H3. The molecule has 2 rings (SSSR count). The molecule has 110 valence electrons. The zero-order valence-electron chi connectivity index (χ0n) is 11.8. The summed E-state index contributed by atoms with van der Waals surface area (Å²) >= 11 is 6.93. The van der Waals surface area contributed by atoms with Crippen LogP contribution in [0.1, 0.15) is 18.9 Å². The molecule has 0 aromatic heterocycles. The van der Waals surface area contributed by atoms with E-state index in [1.807, 2.05) is 18.2 Å². The van der Waals surface area contributed by atoms with Crippen LogP contribution < -0.4 is 4.74 Å². The molecule has 0 spiro atoms. The van der Waals surface area contributed by atoms with Gasteiger partial charge in [0.2, 0.25) is 5.91 Å². The van der Waals surface area contributed by atoms with Crippen molar-refractivity contribution in [1.29, 1.82) is 0 Å². The van der Waals surface area contributed by atoms with Crippen molar-refractivity contribution in [2.24, 2.45) is 0 Å². The minimum atomic E-state index is -0.139. The van der Waals surface area contributed by atoms with Gasteiger partial charge < -0.3 is 9.64 Å². The van der Waals surface area contributed by atoms with Crippen molar-refractivity contribution >= 4 is 43.5 Å². The number of allylic oxidation sites excluding steroid dienone is 1. The van der Waals surface area contributed by atoms with E-state index in [9.17, 15) is 4.79 Å².